The average molecular weight is 430 g/mol. The molecule has 0 radical (unpaired) electrons. The van der Waals surface area contributed by atoms with Crippen LogP contribution in [0.5, 0.6) is 0 Å². The summed E-state index contributed by atoms with van der Waals surface area (Å²) in [7, 11) is 1.69. The Balaban J connectivity index is 1.72. The maximum atomic E-state index is 13.6. The van der Waals surface area contributed by atoms with Crippen molar-refractivity contribution in [2.75, 3.05) is 11.4 Å². The lowest BCUT2D eigenvalue weighted by molar-refractivity contribution is 0.597. The van der Waals surface area contributed by atoms with Gasteiger partial charge in [-0.05, 0) is 61.6 Å². The van der Waals surface area contributed by atoms with E-state index in [1.807, 2.05) is 35.8 Å². The van der Waals surface area contributed by atoms with Gasteiger partial charge in [-0.2, -0.15) is 4.98 Å². The van der Waals surface area contributed by atoms with Crippen molar-refractivity contribution >= 4 is 22.8 Å². The molecule has 0 saturated carbocycles. The maximum absolute atomic E-state index is 13.6. The van der Waals surface area contributed by atoms with E-state index in [1.54, 1.807) is 7.05 Å². The van der Waals surface area contributed by atoms with Crippen LogP contribution in [0, 0.1) is 20.8 Å². The fraction of sp³-hybridized carbons (Fsp3) is 0.320. The summed E-state index contributed by atoms with van der Waals surface area (Å²) in [5, 5.41) is 0. The molecular formula is C25H27N5O2. The van der Waals surface area contributed by atoms with Crippen LogP contribution in [0.15, 0.2) is 52.1 Å². The summed E-state index contributed by atoms with van der Waals surface area (Å²) in [6.07, 6.45) is 0.894. The molecule has 0 fully saturated rings. The van der Waals surface area contributed by atoms with Gasteiger partial charge < -0.3 is 9.47 Å². The van der Waals surface area contributed by atoms with Gasteiger partial charge in [-0.3, -0.25) is 13.9 Å². The molecule has 2 aromatic carbocycles. The molecule has 0 aliphatic carbocycles. The minimum Gasteiger partial charge on any atom is -0.312 e. The fourth-order valence-electron chi connectivity index (χ4n) is 4.71. The second-order valence-electron chi connectivity index (χ2n) is 8.75. The number of aryl methyl sites for hydroxylation is 5. The normalized spacial score (nSPS) is 13.6. The maximum Gasteiger partial charge on any atom is 0.332 e. The molecule has 0 saturated heterocycles. The van der Waals surface area contributed by atoms with Crippen molar-refractivity contribution in [1.82, 2.24) is 18.7 Å². The van der Waals surface area contributed by atoms with Crippen LogP contribution >= 0.6 is 0 Å². The number of hydrogen-bond donors (Lipinski definition) is 0. The van der Waals surface area contributed by atoms with Crippen molar-refractivity contribution in [3.8, 4) is 0 Å². The number of imidazole rings is 1. The summed E-state index contributed by atoms with van der Waals surface area (Å²) in [5.41, 5.74) is 5.73. The quantitative estimate of drug-likeness (QED) is 0.501. The van der Waals surface area contributed by atoms with Gasteiger partial charge in [0, 0.05) is 25.8 Å². The van der Waals surface area contributed by atoms with E-state index in [9.17, 15) is 9.59 Å². The van der Waals surface area contributed by atoms with E-state index in [-0.39, 0.29) is 17.8 Å². The van der Waals surface area contributed by atoms with Crippen molar-refractivity contribution in [2.24, 2.45) is 7.05 Å². The highest BCUT2D eigenvalue weighted by atomic mass is 16.2. The first-order valence-electron chi connectivity index (χ1n) is 11.0. The molecule has 0 N–H and O–H groups in total. The third-order valence-corrected chi connectivity index (χ3v) is 6.33. The van der Waals surface area contributed by atoms with Crippen molar-refractivity contribution in [2.45, 2.75) is 40.3 Å². The molecule has 7 nitrogen and oxygen atoms in total. The van der Waals surface area contributed by atoms with Gasteiger partial charge in [0.15, 0.2) is 11.2 Å². The van der Waals surface area contributed by atoms with Gasteiger partial charge in [0.2, 0.25) is 5.95 Å². The zero-order valence-electron chi connectivity index (χ0n) is 18.9. The highest BCUT2D eigenvalue weighted by molar-refractivity contribution is 5.77. The van der Waals surface area contributed by atoms with Gasteiger partial charge in [0.1, 0.15) is 0 Å². The zero-order chi connectivity index (χ0) is 22.6. The molecule has 0 amide bonds. The lowest BCUT2D eigenvalue weighted by Gasteiger charge is -2.29. The van der Waals surface area contributed by atoms with Gasteiger partial charge >= 0.3 is 5.69 Å². The van der Waals surface area contributed by atoms with E-state index < -0.39 is 0 Å². The lowest BCUT2D eigenvalue weighted by Crippen LogP contribution is -2.40. The topological polar surface area (TPSA) is 65.1 Å². The Morgan fingerprint density at radius 1 is 0.969 bits per heavy atom. The van der Waals surface area contributed by atoms with Crippen LogP contribution in [0.1, 0.15) is 28.7 Å². The number of rotatable bonds is 3. The van der Waals surface area contributed by atoms with Crippen molar-refractivity contribution in [3.63, 3.8) is 0 Å². The van der Waals surface area contributed by atoms with Crippen LogP contribution in [-0.2, 0) is 20.1 Å². The lowest BCUT2D eigenvalue weighted by atomic mass is 10.1. The molecule has 0 unspecified atom stereocenters. The van der Waals surface area contributed by atoms with Crippen LogP contribution in [-0.4, -0.2) is 25.2 Å². The Hall–Kier alpha value is -3.61. The Bertz CT molecular complexity index is 1450. The van der Waals surface area contributed by atoms with E-state index in [0.29, 0.717) is 17.7 Å². The summed E-state index contributed by atoms with van der Waals surface area (Å²) in [6.45, 7) is 7.92. The molecule has 7 heteroatoms. The molecule has 0 atom stereocenters. The molecule has 0 bridgehead atoms. The number of aromatic nitrogens is 4. The molecule has 32 heavy (non-hydrogen) atoms. The van der Waals surface area contributed by atoms with Gasteiger partial charge in [0.25, 0.3) is 5.56 Å². The molecule has 5 rings (SSSR count). The second-order valence-corrected chi connectivity index (χ2v) is 8.75. The number of fused-ring (bicyclic) bond motifs is 3. The molecular weight excluding hydrogens is 402 g/mol. The first-order chi connectivity index (χ1) is 15.3. The van der Waals surface area contributed by atoms with Crippen LogP contribution in [0.4, 0.5) is 11.6 Å². The molecule has 2 aromatic heterocycles. The van der Waals surface area contributed by atoms with E-state index >= 15 is 0 Å². The molecule has 3 heterocycles. The largest absolute Gasteiger partial charge is 0.332 e. The van der Waals surface area contributed by atoms with Gasteiger partial charge in [-0.25, -0.2) is 4.79 Å². The molecule has 0 spiro atoms. The van der Waals surface area contributed by atoms with E-state index in [2.05, 4.69) is 36.9 Å². The predicted octanol–water partition coefficient (Wildman–Crippen LogP) is 3.41. The molecule has 164 valence electrons. The Kier molecular flexibility index (Phi) is 4.77. The SMILES string of the molecule is Cc1cc(C)cc(N2CCCn3c2nc2c3c(=O)n(Cc3ccccc3C)c(=O)n2C)c1. The third kappa shape index (κ3) is 3.16. The number of nitrogens with zero attached hydrogens (tertiary/aromatic N) is 5. The minimum absolute atomic E-state index is 0.245. The monoisotopic (exact) mass is 429 g/mol. The highest BCUT2D eigenvalue weighted by Gasteiger charge is 2.27. The Morgan fingerprint density at radius 3 is 2.41 bits per heavy atom. The van der Waals surface area contributed by atoms with E-state index in [0.717, 1.165) is 35.7 Å². The Labute approximate surface area is 186 Å². The van der Waals surface area contributed by atoms with Crippen molar-refractivity contribution in [1.29, 1.82) is 0 Å². The number of hydrogen-bond acceptors (Lipinski definition) is 4. The van der Waals surface area contributed by atoms with Crippen LogP contribution in [0.2, 0.25) is 0 Å². The fourth-order valence-corrected chi connectivity index (χ4v) is 4.71. The summed E-state index contributed by atoms with van der Waals surface area (Å²) in [5.74, 6) is 0.719. The van der Waals surface area contributed by atoms with Crippen LogP contribution in [0.25, 0.3) is 11.2 Å². The minimum atomic E-state index is -0.348. The first-order valence-corrected chi connectivity index (χ1v) is 11.0. The van der Waals surface area contributed by atoms with E-state index in [4.69, 9.17) is 4.98 Å². The standard InChI is InChI=1S/C25H27N5O2/c1-16-12-17(2)14-20(13-16)28-10-7-11-29-21-22(26-24(28)29)27(4)25(32)30(23(21)31)15-19-9-6-5-8-18(19)3/h5-6,8-9,12-14H,7,10-11,15H2,1-4H3. The number of anilines is 2. The van der Waals surface area contributed by atoms with E-state index in [1.165, 1.54) is 20.3 Å². The predicted molar refractivity (Wildman–Crippen MR) is 127 cm³/mol. The molecule has 4 aromatic rings. The zero-order valence-corrected chi connectivity index (χ0v) is 18.9. The second kappa shape index (κ2) is 7.51. The first kappa shape index (κ1) is 20.3. The van der Waals surface area contributed by atoms with Crippen LogP contribution < -0.4 is 16.1 Å². The van der Waals surface area contributed by atoms with Crippen molar-refractivity contribution < 1.29 is 0 Å². The molecule has 1 aliphatic rings. The average Bonchev–Trinajstić information content (AvgIpc) is 3.16. The summed E-state index contributed by atoms with van der Waals surface area (Å²) >= 11 is 0. The van der Waals surface area contributed by atoms with Gasteiger partial charge in [-0.15, -0.1) is 0 Å². The summed E-state index contributed by atoms with van der Waals surface area (Å²) in [4.78, 5) is 33.7. The van der Waals surface area contributed by atoms with Crippen LogP contribution in [0.3, 0.4) is 0 Å². The van der Waals surface area contributed by atoms with Gasteiger partial charge in [0.05, 0.1) is 6.54 Å². The third-order valence-electron chi connectivity index (χ3n) is 6.33. The highest BCUT2D eigenvalue weighted by Crippen LogP contribution is 2.32. The van der Waals surface area contributed by atoms with Gasteiger partial charge in [-0.1, -0.05) is 30.3 Å². The molecule has 1 aliphatic heterocycles. The summed E-state index contributed by atoms with van der Waals surface area (Å²) in [6, 6.07) is 14.3. The summed E-state index contributed by atoms with van der Waals surface area (Å²) < 4.78 is 4.81. The van der Waals surface area contributed by atoms with Crippen molar-refractivity contribution in [3.05, 3.63) is 85.6 Å². The smallest absolute Gasteiger partial charge is 0.312 e. The Morgan fingerprint density at radius 2 is 1.69 bits per heavy atom. The number of benzene rings is 2.